The van der Waals surface area contributed by atoms with Crippen LogP contribution in [0.15, 0.2) is 79.6 Å². The van der Waals surface area contributed by atoms with Crippen LogP contribution in [-0.2, 0) is 24.3 Å². The SMILES string of the molecule is O=C(c1ccc2nccn2c1)N1CCCCN(C(=O)C2CCn3nccc3C2)CCCOc2cccc(c2)-c2nccn2CC1. The Kier molecular flexibility index (Phi) is 8.31. The first kappa shape index (κ1) is 28.8. The minimum atomic E-state index is -0.0423. The molecule has 0 fully saturated rings. The van der Waals surface area contributed by atoms with E-state index in [4.69, 9.17) is 4.74 Å². The number of hydrogen-bond acceptors (Lipinski definition) is 6. The van der Waals surface area contributed by atoms with Gasteiger partial charge in [-0.3, -0.25) is 14.3 Å². The molecule has 2 aliphatic rings. The molecule has 1 unspecified atom stereocenters. The van der Waals surface area contributed by atoms with E-state index in [2.05, 4.69) is 19.6 Å². The van der Waals surface area contributed by atoms with Crippen molar-refractivity contribution in [2.75, 3.05) is 32.8 Å². The van der Waals surface area contributed by atoms with Gasteiger partial charge in [0, 0.05) is 100 Å². The van der Waals surface area contributed by atoms with Crippen LogP contribution >= 0.6 is 0 Å². The molecule has 0 radical (unpaired) electrons. The molecule has 1 aromatic carbocycles. The summed E-state index contributed by atoms with van der Waals surface area (Å²) in [7, 11) is 0. The van der Waals surface area contributed by atoms with Gasteiger partial charge in [-0.25, -0.2) is 9.97 Å². The van der Waals surface area contributed by atoms with E-state index in [0.29, 0.717) is 44.9 Å². The number of rotatable bonds is 2. The molecule has 4 aromatic heterocycles. The summed E-state index contributed by atoms with van der Waals surface area (Å²) in [6.45, 7) is 4.29. The molecular formula is C34H38N8O3. The normalized spacial score (nSPS) is 18.1. The number of aryl methyl sites for hydroxylation is 1. The quantitative estimate of drug-likeness (QED) is 0.299. The highest BCUT2D eigenvalue weighted by Crippen LogP contribution is 2.25. The van der Waals surface area contributed by atoms with Gasteiger partial charge < -0.3 is 23.5 Å². The maximum atomic E-state index is 13.9. The van der Waals surface area contributed by atoms with Gasteiger partial charge in [0.15, 0.2) is 0 Å². The molecule has 0 saturated carbocycles. The monoisotopic (exact) mass is 606 g/mol. The first-order valence-electron chi connectivity index (χ1n) is 15.9. The van der Waals surface area contributed by atoms with Crippen molar-refractivity contribution in [3.05, 3.63) is 90.9 Å². The number of fused-ring (bicyclic) bond motifs is 6. The van der Waals surface area contributed by atoms with Crippen molar-refractivity contribution in [1.82, 2.24) is 38.5 Å². The maximum absolute atomic E-state index is 13.9. The van der Waals surface area contributed by atoms with Gasteiger partial charge in [0.05, 0.1) is 12.2 Å². The van der Waals surface area contributed by atoms with Crippen LogP contribution in [0.1, 0.15) is 41.7 Å². The molecule has 7 rings (SSSR count). The average molecular weight is 607 g/mol. The Hall–Kier alpha value is -4.93. The summed E-state index contributed by atoms with van der Waals surface area (Å²) in [6, 6.07) is 13.7. The van der Waals surface area contributed by atoms with E-state index in [-0.39, 0.29) is 17.7 Å². The van der Waals surface area contributed by atoms with Crippen LogP contribution in [0.5, 0.6) is 5.75 Å². The second kappa shape index (κ2) is 13.0. The van der Waals surface area contributed by atoms with Crippen molar-refractivity contribution in [3.63, 3.8) is 0 Å². The number of hydrogen-bond donors (Lipinski definition) is 0. The number of pyridine rings is 1. The zero-order valence-corrected chi connectivity index (χ0v) is 25.4. The summed E-state index contributed by atoms with van der Waals surface area (Å²) >= 11 is 0. The van der Waals surface area contributed by atoms with Gasteiger partial charge in [-0.2, -0.15) is 5.10 Å². The van der Waals surface area contributed by atoms with E-state index in [9.17, 15) is 9.59 Å². The highest BCUT2D eigenvalue weighted by Gasteiger charge is 2.29. The number of imidazole rings is 2. The molecular weight excluding hydrogens is 568 g/mol. The smallest absolute Gasteiger partial charge is 0.255 e. The third-order valence-corrected chi connectivity index (χ3v) is 8.90. The predicted molar refractivity (Wildman–Crippen MR) is 169 cm³/mol. The number of nitrogens with zero attached hydrogens (tertiary/aromatic N) is 8. The van der Waals surface area contributed by atoms with Crippen molar-refractivity contribution in [2.24, 2.45) is 5.92 Å². The number of carbonyl (C=O) groups excluding carboxylic acids is 2. The van der Waals surface area contributed by atoms with E-state index in [1.54, 1.807) is 12.4 Å². The van der Waals surface area contributed by atoms with E-state index < -0.39 is 0 Å². The lowest BCUT2D eigenvalue weighted by Crippen LogP contribution is -2.41. The van der Waals surface area contributed by atoms with Gasteiger partial charge in [-0.15, -0.1) is 0 Å². The molecule has 0 spiro atoms. The molecule has 2 aliphatic heterocycles. The minimum Gasteiger partial charge on any atom is -0.494 e. The van der Waals surface area contributed by atoms with Crippen LogP contribution < -0.4 is 4.74 Å². The lowest BCUT2D eigenvalue weighted by atomic mass is 9.94. The Labute approximate surface area is 262 Å². The van der Waals surface area contributed by atoms with Crippen molar-refractivity contribution < 1.29 is 14.3 Å². The molecule has 2 bridgehead atoms. The summed E-state index contributed by atoms with van der Waals surface area (Å²) in [5.74, 6) is 1.75. The topological polar surface area (TPSA) is 103 Å². The number of amides is 2. The molecule has 1 atom stereocenters. The number of benzene rings is 1. The summed E-state index contributed by atoms with van der Waals surface area (Å²) in [5, 5.41) is 4.38. The molecule has 232 valence electrons. The highest BCUT2D eigenvalue weighted by atomic mass is 16.5. The Bertz CT molecular complexity index is 1790. The summed E-state index contributed by atoms with van der Waals surface area (Å²) < 4.78 is 12.1. The Morgan fingerprint density at radius 3 is 2.62 bits per heavy atom. The van der Waals surface area contributed by atoms with Crippen molar-refractivity contribution in [2.45, 2.75) is 45.2 Å². The first-order valence-corrected chi connectivity index (χ1v) is 15.9. The van der Waals surface area contributed by atoms with Gasteiger partial charge in [-0.1, -0.05) is 12.1 Å². The molecule has 0 aliphatic carbocycles. The molecule has 2 amide bonds. The zero-order chi connectivity index (χ0) is 30.6. The van der Waals surface area contributed by atoms with Crippen molar-refractivity contribution >= 4 is 17.5 Å². The second-order valence-electron chi connectivity index (χ2n) is 11.8. The van der Waals surface area contributed by atoms with Gasteiger partial charge in [0.25, 0.3) is 5.91 Å². The van der Waals surface area contributed by atoms with Gasteiger partial charge >= 0.3 is 0 Å². The molecule has 45 heavy (non-hydrogen) atoms. The van der Waals surface area contributed by atoms with Crippen LogP contribution in [0.2, 0.25) is 0 Å². The average Bonchev–Trinajstić information content (AvgIpc) is 3.85. The number of ether oxygens (including phenoxy) is 1. The van der Waals surface area contributed by atoms with Crippen molar-refractivity contribution in [1.29, 1.82) is 0 Å². The molecule has 0 saturated heterocycles. The fraction of sp³-hybridized carbons (Fsp3) is 0.382. The van der Waals surface area contributed by atoms with Crippen molar-refractivity contribution in [3.8, 4) is 17.1 Å². The fourth-order valence-corrected chi connectivity index (χ4v) is 6.47. The van der Waals surface area contributed by atoms with Crippen LogP contribution in [-0.4, -0.2) is 83.1 Å². The van der Waals surface area contributed by atoms with Gasteiger partial charge in [-0.05, 0) is 56.0 Å². The fourth-order valence-electron chi connectivity index (χ4n) is 6.47. The number of aromatic nitrogens is 6. The Morgan fingerprint density at radius 2 is 1.69 bits per heavy atom. The lowest BCUT2D eigenvalue weighted by molar-refractivity contribution is -0.136. The van der Waals surface area contributed by atoms with Crippen LogP contribution in [0.25, 0.3) is 17.0 Å². The predicted octanol–water partition coefficient (Wildman–Crippen LogP) is 4.19. The van der Waals surface area contributed by atoms with E-state index >= 15 is 0 Å². The first-order chi connectivity index (χ1) is 22.1. The molecule has 11 nitrogen and oxygen atoms in total. The van der Waals surface area contributed by atoms with Crippen LogP contribution in [0.4, 0.5) is 0 Å². The largest absolute Gasteiger partial charge is 0.494 e. The lowest BCUT2D eigenvalue weighted by Gasteiger charge is -2.30. The third-order valence-electron chi connectivity index (χ3n) is 8.90. The van der Waals surface area contributed by atoms with E-state index in [1.165, 1.54) is 0 Å². The third kappa shape index (κ3) is 6.33. The molecule has 11 heteroatoms. The van der Waals surface area contributed by atoms with Gasteiger partial charge in [0.2, 0.25) is 5.91 Å². The van der Waals surface area contributed by atoms with Crippen LogP contribution in [0.3, 0.4) is 0 Å². The molecule has 5 aromatic rings. The molecule has 6 heterocycles. The second-order valence-corrected chi connectivity index (χ2v) is 11.8. The maximum Gasteiger partial charge on any atom is 0.255 e. The highest BCUT2D eigenvalue weighted by molar-refractivity contribution is 5.94. The zero-order valence-electron chi connectivity index (χ0n) is 25.4. The van der Waals surface area contributed by atoms with E-state index in [1.807, 2.05) is 86.1 Å². The van der Waals surface area contributed by atoms with E-state index in [0.717, 1.165) is 67.1 Å². The summed E-state index contributed by atoms with van der Waals surface area (Å²) in [6.07, 6.45) is 14.8. The van der Waals surface area contributed by atoms with Gasteiger partial charge in [0.1, 0.15) is 17.2 Å². The minimum absolute atomic E-state index is 0.0210. The van der Waals surface area contributed by atoms with Crippen LogP contribution in [0, 0.1) is 5.92 Å². The Balaban J connectivity index is 1.12. The summed E-state index contributed by atoms with van der Waals surface area (Å²) in [4.78, 5) is 40.6. The number of carbonyl (C=O) groups is 2. The Morgan fingerprint density at radius 1 is 0.822 bits per heavy atom. The standard InChI is InChI=1S/C34H38N8O3/c43-33(27-10-17-42-29(23-27)9-11-37-42)39-14-1-2-15-40(34(44)28-7-8-31-35-12-19-41(31)25-28)21-20-38-18-13-36-32(38)26-5-3-6-30(24-26)45-22-4-16-39/h3,5-9,11-13,18-19,24-25,27H,1-2,4,10,14-17,20-23H2. The molecule has 0 N–H and O–H groups in total. The summed E-state index contributed by atoms with van der Waals surface area (Å²) in [5.41, 5.74) is 3.50.